The van der Waals surface area contributed by atoms with Gasteiger partial charge in [-0.2, -0.15) is 0 Å². The minimum atomic E-state index is -0.847. The van der Waals surface area contributed by atoms with E-state index in [4.69, 9.17) is 21.1 Å². The predicted molar refractivity (Wildman–Crippen MR) is 107 cm³/mol. The van der Waals surface area contributed by atoms with Crippen molar-refractivity contribution in [1.29, 1.82) is 0 Å². The van der Waals surface area contributed by atoms with E-state index in [0.29, 0.717) is 21.4 Å². The fourth-order valence-corrected chi connectivity index (χ4v) is 3.75. The highest BCUT2D eigenvalue weighted by Gasteiger charge is 2.27. The molecule has 0 fully saturated rings. The number of ether oxygens (including phenoxy) is 2. The maximum Gasteiger partial charge on any atom is 0.283 e. The number of hydrogen-bond donors (Lipinski definition) is 2. The molecule has 0 bridgehead atoms. The van der Waals surface area contributed by atoms with Crippen LogP contribution in [0.5, 0.6) is 11.5 Å². The summed E-state index contributed by atoms with van der Waals surface area (Å²) in [4.78, 5) is 26.0. The number of rotatable bonds is 3. The zero-order chi connectivity index (χ0) is 19.5. The van der Waals surface area contributed by atoms with Gasteiger partial charge < -0.3 is 9.47 Å². The van der Waals surface area contributed by atoms with Crippen LogP contribution in [0.3, 0.4) is 0 Å². The van der Waals surface area contributed by atoms with Crippen molar-refractivity contribution in [2.24, 2.45) is 0 Å². The van der Waals surface area contributed by atoms with Crippen LogP contribution in [0, 0.1) is 0 Å². The minimum absolute atomic E-state index is 0.0661. The molecule has 1 aromatic heterocycles. The first-order chi connectivity index (χ1) is 13.6. The molecule has 1 atom stereocenters. The second-order valence-electron chi connectivity index (χ2n) is 5.98. The lowest BCUT2D eigenvalue weighted by molar-refractivity contribution is -0.131. The summed E-state index contributed by atoms with van der Waals surface area (Å²) in [6.45, 7) is 0.0661. The third-order valence-corrected chi connectivity index (χ3v) is 5.41. The van der Waals surface area contributed by atoms with Crippen LogP contribution in [0.1, 0.15) is 9.67 Å². The number of carbonyl (C=O) groups is 2. The Balaban J connectivity index is 1.35. The van der Waals surface area contributed by atoms with Crippen molar-refractivity contribution in [3.63, 3.8) is 0 Å². The number of fused-ring (bicyclic) bond motifs is 1. The summed E-state index contributed by atoms with van der Waals surface area (Å²) in [6, 6.07) is 18.0. The van der Waals surface area contributed by atoms with E-state index in [1.54, 1.807) is 30.3 Å². The number of benzene rings is 2. The van der Waals surface area contributed by atoms with Crippen molar-refractivity contribution in [3.8, 4) is 21.9 Å². The van der Waals surface area contributed by atoms with E-state index in [1.165, 1.54) is 11.3 Å². The zero-order valence-electron chi connectivity index (χ0n) is 14.5. The third-order valence-electron chi connectivity index (χ3n) is 4.04. The highest BCUT2D eigenvalue weighted by atomic mass is 35.5. The Morgan fingerprint density at radius 1 is 1.00 bits per heavy atom. The van der Waals surface area contributed by atoms with Gasteiger partial charge >= 0.3 is 0 Å². The molecule has 2 amide bonds. The van der Waals surface area contributed by atoms with Crippen molar-refractivity contribution < 1.29 is 19.1 Å². The van der Waals surface area contributed by atoms with Gasteiger partial charge in [0.15, 0.2) is 11.5 Å². The van der Waals surface area contributed by atoms with Crippen LogP contribution in [0.4, 0.5) is 0 Å². The smallest absolute Gasteiger partial charge is 0.283 e. The first-order valence-electron chi connectivity index (χ1n) is 8.44. The molecule has 2 aromatic carbocycles. The summed E-state index contributed by atoms with van der Waals surface area (Å²) in [5.74, 6) is 0.172. The van der Waals surface area contributed by atoms with Crippen LogP contribution in [-0.2, 0) is 4.79 Å². The maximum atomic E-state index is 12.3. The summed E-state index contributed by atoms with van der Waals surface area (Å²) >= 11 is 7.31. The standard InChI is InChI=1S/C20H15ClN2O4S/c21-13-5-3-4-12(10-13)17-8-9-18(28-17)20(25)23-22-19(24)16-11-26-14-6-1-2-7-15(14)27-16/h1-10,16H,11H2,(H,22,24)(H,23,25). The average Bonchev–Trinajstić information content (AvgIpc) is 3.22. The van der Waals surface area contributed by atoms with Crippen LogP contribution in [0.25, 0.3) is 10.4 Å². The van der Waals surface area contributed by atoms with E-state index in [2.05, 4.69) is 10.9 Å². The molecular formula is C20H15ClN2O4S. The lowest BCUT2D eigenvalue weighted by atomic mass is 10.2. The zero-order valence-corrected chi connectivity index (χ0v) is 16.0. The van der Waals surface area contributed by atoms with Crippen LogP contribution >= 0.6 is 22.9 Å². The van der Waals surface area contributed by atoms with E-state index >= 15 is 0 Å². The molecule has 2 heterocycles. The summed E-state index contributed by atoms with van der Waals surface area (Å²) in [6.07, 6.45) is -0.847. The molecule has 0 radical (unpaired) electrons. The summed E-state index contributed by atoms with van der Waals surface area (Å²) in [5.41, 5.74) is 5.71. The van der Waals surface area contributed by atoms with Gasteiger partial charge in [0.05, 0.1) is 4.88 Å². The number of hydrazine groups is 1. The molecule has 4 rings (SSSR count). The molecule has 28 heavy (non-hydrogen) atoms. The Morgan fingerprint density at radius 3 is 2.64 bits per heavy atom. The van der Waals surface area contributed by atoms with E-state index in [9.17, 15) is 9.59 Å². The SMILES string of the molecule is O=C(NNC(=O)C1COc2ccccc2O1)c1ccc(-c2cccc(Cl)c2)s1. The highest BCUT2D eigenvalue weighted by molar-refractivity contribution is 7.17. The lowest BCUT2D eigenvalue weighted by Gasteiger charge is -2.25. The molecule has 1 aliphatic heterocycles. The number of para-hydroxylation sites is 2. The van der Waals surface area contributed by atoms with Gasteiger partial charge in [0.2, 0.25) is 6.10 Å². The van der Waals surface area contributed by atoms with Crippen LogP contribution in [-0.4, -0.2) is 24.5 Å². The number of carbonyl (C=O) groups excluding carboxylic acids is 2. The Kier molecular flexibility index (Phi) is 5.18. The Morgan fingerprint density at radius 2 is 1.82 bits per heavy atom. The number of hydrogen-bond acceptors (Lipinski definition) is 5. The first-order valence-corrected chi connectivity index (χ1v) is 9.64. The van der Waals surface area contributed by atoms with Crippen molar-refractivity contribution in [3.05, 3.63) is 70.6 Å². The van der Waals surface area contributed by atoms with E-state index < -0.39 is 17.9 Å². The molecule has 6 nitrogen and oxygen atoms in total. The Bertz CT molecular complexity index is 1040. The molecule has 0 saturated carbocycles. The van der Waals surface area contributed by atoms with Crippen LogP contribution in [0.15, 0.2) is 60.7 Å². The number of halogens is 1. The second kappa shape index (κ2) is 7.92. The molecule has 8 heteroatoms. The Labute approximate surface area is 170 Å². The molecule has 1 unspecified atom stereocenters. The fraction of sp³-hybridized carbons (Fsp3) is 0.100. The van der Waals surface area contributed by atoms with Crippen molar-refractivity contribution >= 4 is 34.8 Å². The van der Waals surface area contributed by atoms with E-state index in [0.717, 1.165) is 10.4 Å². The molecule has 0 aliphatic carbocycles. The summed E-state index contributed by atoms with van der Waals surface area (Å²) in [7, 11) is 0. The lowest BCUT2D eigenvalue weighted by Crippen LogP contribution is -2.50. The second-order valence-corrected chi connectivity index (χ2v) is 7.50. The van der Waals surface area contributed by atoms with Crippen molar-refractivity contribution in [2.45, 2.75) is 6.10 Å². The van der Waals surface area contributed by atoms with Gasteiger partial charge in [-0.1, -0.05) is 35.9 Å². The summed E-state index contributed by atoms with van der Waals surface area (Å²) in [5, 5.41) is 0.625. The van der Waals surface area contributed by atoms with Gasteiger partial charge in [-0.3, -0.25) is 20.4 Å². The molecular weight excluding hydrogens is 400 g/mol. The molecule has 1 aliphatic rings. The molecule has 2 N–H and O–H groups in total. The monoisotopic (exact) mass is 414 g/mol. The van der Waals surface area contributed by atoms with Gasteiger partial charge in [-0.15, -0.1) is 11.3 Å². The number of amides is 2. The van der Waals surface area contributed by atoms with Crippen LogP contribution < -0.4 is 20.3 Å². The average molecular weight is 415 g/mol. The molecule has 3 aromatic rings. The Hall–Kier alpha value is -3.03. The van der Waals surface area contributed by atoms with Gasteiger partial charge in [0, 0.05) is 9.90 Å². The van der Waals surface area contributed by atoms with Crippen molar-refractivity contribution in [1.82, 2.24) is 10.9 Å². The number of nitrogens with one attached hydrogen (secondary N) is 2. The molecule has 0 spiro atoms. The van der Waals surface area contributed by atoms with Gasteiger partial charge in [-0.25, -0.2) is 0 Å². The van der Waals surface area contributed by atoms with Crippen molar-refractivity contribution in [2.75, 3.05) is 6.61 Å². The van der Waals surface area contributed by atoms with Crippen LogP contribution in [0.2, 0.25) is 5.02 Å². The quantitative estimate of drug-likeness (QED) is 0.641. The summed E-state index contributed by atoms with van der Waals surface area (Å²) < 4.78 is 11.1. The number of thiophene rings is 1. The maximum absolute atomic E-state index is 12.3. The van der Waals surface area contributed by atoms with Gasteiger partial charge in [0.1, 0.15) is 6.61 Å². The largest absolute Gasteiger partial charge is 0.485 e. The minimum Gasteiger partial charge on any atom is -0.485 e. The highest BCUT2D eigenvalue weighted by Crippen LogP contribution is 2.31. The normalized spacial score (nSPS) is 15.0. The fourth-order valence-electron chi connectivity index (χ4n) is 2.67. The van der Waals surface area contributed by atoms with Gasteiger partial charge in [0.25, 0.3) is 11.8 Å². The molecule has 142 valence electrons. The molecule has 0 saturated heterocycles. The topological polar surface area (TPSA) is 76.7 Å². The predicted octanol–water partition coefficient (Wildman–Crippen LogP) is 3.67. The van der Waals surface area contributed by atoms with E-state index in [1.807, 2.05) is 30.3 Å². The third kappa shape index (κ3) is 3.95. The van der Waals surface area contributed by atoms with Gasteiger partial charge in [-0.05, 0) is 42.0 Å². The van der Waals surface area contributed by atoms with E-state index in [-0.39, 0.29) is 6.61 Å². The first kappa shape index (κ1) is 18.3.